The van der Waals surface area contributed by atoms with Crippen molar-refractivity contribution < 1.29 is 18.9 Å². The molecule has 0 aliphatic carbocycles. The number of rotatable bonds is 7. The summed E-state index contributed by atoms with van der Waals surface area (Å²) in [5.74, 6) is 3.09. The number of pyridine rings is 1. The third-order valence-electron chi connectivity index (χ3n) is 8.36. The first kappa shape index (κ1) is 25.1. The summed E-state index contributed by atoms with van der Waals surface area (Å²) in [6, 6.07) is 2.43. The molecule has 11 heteroatoms. The first-order chi connectivity index (χ1) is 18.1. The van der Waals surface area contributed by atoms with Crippen molar-refractivity contribution in [3.8, 4) is 5.75 Å². The SMILES string of the molecule is COCOCC1C[C@H]2COc3c(Sc4cnc(N5CCC6(CC5)CO[C@@H](C)[C@H]6N)cn4)ccnc3N2C1. The lowest BCUT2D eigenvalue weighted by molar-refractivity contribution is -0.0414. The Morgan fingerprint density at radius 1 is 1.22 bits per heavy atom. The lowest BCUT2D eigenvalue weighted by Gasteiger charge is -2.41. The second kappa shape index (κ2) is 10.5. The molecule has 1 spiro atoms. The van der Waals surface area contributed by atoms with E-state index in [4.69, 9.17) is 34.6 Å². The molecule has 200 valence electrons. The standard InChI is InChI=1S/C26H36N6O4S/c1-17-24(27)26(15-36-17)4-7-31(8-5-26)21-10-30-22(11-29-21)37-20-3-6-28-25-23(20)35-14-19-9-18(12-32(19)25)13-34-16-33-2/h3,6,10-11,17-19,24H,4-5,7-9,12-16,27H2,1-2H3/t17-,18?,19-,24+/m0/s1. The van der Waals surface area contributed by atoms with Crippen LogP contribution in [0.5, 0.6) is 5.75 Å². The van der Waals surface area contributed by atoms with Crippen LogP contribution >= 0.6 is 11.8 Å². The van der Waals surface area contributed by atoms with E-state index in [1.54, 1.807) is 18.9 Å². The monoisotopic (exact) mass is 528 g/mol. The van der Waals surface area contributed by atoms with Crippen LogP contribution in [0.3, 0.4) is 0 Å². The second-order valence-electron chi connectivity index (χ2n) is 10.7. The Kier molecular flexibility index (Phi) is 7.15. The maximum atomic E-state index is 6.47. The summed E-state index contributed by atoms with van der Waals surface area (Å²) >= 11 is 1.57. The highest BCUT2D eigenvalue weighted by Crippen LogP contribution is 2.45. The van der Waals surface area contributed by atoms with E-state index in [1.807, 2.05) is 24.7 Å². The summed E-state index contributed by atoms with van der Waals surface area (Å²) in [5, 5.41) is 0.837. The van der Waals surface area contributed by atoms with Gasteiger partial charge in [0, 0.05) is 50.3 Å². The van der Waals surface area contributed by atoms with Gasteiger partial charge in [-0.25, -0.2) is 15.0 Å². The van der Waals surface area contributed by atoms with Crippen LogP contribution in [0.25, 0.3) is 0 Å². The molecule has 6 rings (SSSR count). The minimum Gasteiger partial charge on any atom is -0.486 e. The molecule has 10 nitrogen and oxygen atoms in total. The van der Waals surface area contributed by atoms with Crippen molar-refractivity contribution in [3.05, 3.63) is 24.7 Å². The fraction of sp³-hybridized carbons (Fsp3) is 0.654. The van der Waals surface area contributed by atoms with Gasteiger partial charge in [-0.15, -0.1) is 0 Å². The molecular weight excluding hydrogens is 492 g/mol. The van der Waals surface area contributed by atoms with Crippen LogP contribution in [0.15, 0.2) is 34.6 Å². The zero-order valence-corrected chi connectivity index (χ0v) is 22.4. The zero-order chi connectivity index (χ0) is 25.4. The van der Waals surface area contributed by atoms with Crippen LogP contribution in [0.2, 0.25) is 0 Å². The molecule has 37 heavy (non-hydrogen) atoms. The van der Waals surface area contributed by atoms with Gasteiger partial charge < -0.3 is 34.5 Å². The molecule has 2 N–H and O–H groups in total. The molecule has 3 saturated heterocycles. The molecular formula is C26H36N6O4S. The smallest absolute Gasteiger partial charge is 0.175 e. The number of anilines is 2. The van der Waals surface area contributed by atoms with E-state index in [2.05, 4.69) is 21.7 Å². The van der Waals surface area contributed by atoms with Crippen LogP contribution in [0.1, 0.15) is 26.2 Å². The maximum absolute atomic E-state index is 6.47. The van der Waals surface area contributed by atoms with Crippen LogP contribution < -0.4 is 20.3 Å². The fourth-order valence-electron chi connectivity index (χ4n) is 6.16. The van der Waals surface area contributed by atoms with Crippen molar-refractivity contribution in [2.45, 2.75) is 54.3 Å². The van der Waals surface area contributed by atoms with Crippen molar-refractivity contribution in [2.75, 3.05) is 63.2 Å². The number of piperidine rings is 1. The number of nitrogens with zero attached hydrogens (tertiary/aromatic N) is 5. The Balaban J connectivity index is 1.09. The Morgan fingerprint density at radius 3 is 2.81 bits per heavy atom. The lowest BCUT2D eigenvalue weighted by atomic mass is 9.73. The number of nitrogens with two attached hydrogens (primary N) is 1. The van der Waals surface area contributed by atoms with Gasteiger partial charge in [-0.1, -0.05) is 11.8 Å². The molecule has 0 aromatic carbocycles. The topological polar surface area (TPSA) is 108 Å². The minimum absolute atomic E-state index is 0.102. The first-order valence-electron chi connectivity index (χ1n) is 13.1. The molecule has 0 radical (unpaired) electrons. The number of aromatic nitrogens is 3. The number of fused-ring (bicyclic) bond motifs is 3. The summed E-state index contributed by atoms with van der Waals surface area (Å²) in [5.41, 5.74) is 6.57. The van der Waals surface area contributed by atoms with Gasteiger partial charge >= 0.3 is 0 Å². The highest BCUT2D eigenvalue weighted by molar-refractivity contribution is 7.99. The van der Waals surface area contributed by atoms with E-state index in [-0.39, 0.29) is 17.6 Å². The van der Waals surface area contributed by atoms with Crippen molar-refractivity contribution in [1.82, 2.24) is 15.0 Å². The largest absolute Gasteiger partial charge is 0.486 e. The highest BCUT2D eigenvalue weighted by Gasteiger charge is 2.47. The van der Waals surface area contributed by atoms with E-state index in [1.165, 1.54) is 0 Å². The minimum atomic E-state index is 0.102. The number of methoxy groups -OCH3 is 1. The Morgan fingerprint density at radius 2 is 2.08 bits per heavy atom. The van der Waals surface area contributed by atoms with Crippen LogP contribution in [0, 0.1) is 11.3 Å². The molecule has 2 aromatic rings. The molecule has 4 atom stereocenters. The van der Waals surface area contributed by atoms with Crippen molar-refractivity contribution in [2.24, 2.45) is 17.1 Å². The Labute approximate surface area is 222 Å². The molecule has 0 bridgehead atoms. The highest BCUT2D eigenvalue weighted by atomic mass is 32.2. The van der Waals surface area contributed by atoms with Crippen molar-refractivity contribution in [3.63, 3.8) is 0 Å². The van der Waals surface area contributed by atoms with Crippen molar-refractivity contribution in [1.29, 1.82) is 0 Å². The first-order valence-corrected chi connectivity index (χ1v) is 13.9. The third kappa shape index (κ3) is 4.87. The van der Waals surface area contributed by atoms with Crippen molar-refractivity contribution >= 4 is 23.4 Å². The third-order valence-corrected chi connectivity index (χ3v) is 9.32. The van der Waals surface area contributed by atoms with Crippen LogP contribution in [0.4, 0.5) is 11.6 Å². The van der Waals surface area contributed by atoms with E-state index < -0.39 is 0 Å². The molecule has 4 aliphatic heterocycles. The van der Waals surface area contributed by atoms with E-state index in [9.17, 15) is 0 Å². The molecule has 6 heterocycles. The van der Waals surface area contributed by atoms with Gasteiger partial charge in [0.2, 0.25) is 0 Å². The van der Waals surface area contributed by atoms with Gasteiger partial charge in [-0.3, -0.25) is 0 Å². The normalized spacial score (nSPS) is 28.3. The average Bonchev–Trinajstić information content (AvgIpc) is 3.47. The van der Waals surface area contributed by atoms with E-state index in [0.717, 1.165) is 72.8 Å². The van der Waals surface area contributed by atoms with Gasteiger partial charge in [-0.05, 0) is 32.3 Å². The van der Waals surface area contributed by atoms with Gasteiger partial charge in [-0.2, -0.15) is 0 Å². The van der Waals surface area contributed by atoms with E-state index >= 15 is 0 Å². The van der Waals surface area contributed by atoms with Gasteiger partial charge in [0.1, 0.15) is 24.2 Å². The number of ether oxygens (including phenoxy) is 4. The molecule has 0 amide bonds. The number of hydrogen-bond donors (Lipinski definition) is 1. The summed E-state index contributed by atoms with van der Waals surface area (Å²) in [6.45, 7) is 7.27. The van der Waals surface area contributed by atoms with Gasteiger partial charge in [0.25, 0.3) is 0 Å². The van der Waals surface area contributed by atoms with Crippen LogP contribution in [-0.4, -0.2) is 86.5 Å². The molecule has 2 aromatic heterocycles. The Hall–Kier alpha value is -2.18. The predicted octanol–water partition coefficient (Wildman–Crippen LogP) is 2.56. The lowest BCUT2D eigenvalue weighted by Crippen LogP contribution is -2.50. The molecule has 3 fully saturated rings. The van der Waals surface area contributed by atoms with Crippen LogP contribution in [-0.2, 0) is 14.2 Å². The zero-order valence-electron chi connectivity index (χ0n) is 21.5. The summed E-state index contributed by atoms with van der Waals surface area (Å²) in [6.07, 6.45) is 8.80. The Bertz CT molecular complexity index is 1080. The second-order valence-corrected chi connectivity index (χ2v) is 11.7. The quantitative estimate of drug-likeness (QED) is 0.423. The average molecular weight is 529 g/mol. The summed E-state index contributed by atoms with van der Waals surface area (Å²) in [4.78, 5) is 19.8. The molecule has 4 aliphatic rings. The van der Waals surface area contributed by atoms with E-state index in [0.29, 0.717) is 32.0 Å². The predicted molar refractivity (Wildman–Crippen MR) is 140 cm³/mol. The fourth-order valence-corrected chi connectivity index (χ4v) is 6.97. The maximum Gasteiger partial charge on any atom is 0.175 e. The summed E-state index contributed by atoms with van der Waals surface area (Å²) < 4.78 is 22.7. The summed E-state index contributed by atoms with van der Waals surface area (Å²) in [7, 11) is 1.65. The van der Waals surface area contributed by atoms with Gasteiger partial charge in [0.15, 0.2) is 11.6 Å². The van der Waals surface area contributed by atoms with Gasteiger partial charge in [0.05, 0.1) is 42.6 Å². The number of hydrogen-bond acceptors (Lipinski definition) is 11. The molecule has 0 saturated carbocycles. The molecule has 1 unspecified atom stereocenters.